The Morgan fingerprint density at radius 1 is 1.21 bits per heavy atom. The lowest BCUT2D eigenvalue weighted by Gasteiger charge is -2.30. The van der Waals surface area contributed by atoms with Gasteiger partial charge in [-0.25, -0.2) is 9.86 Å². The van der Waals surface area contributed by atoms with Crippen molar-refractivity contribution < 1.29 is 32.7 Å². The average Bonchev–Trinajstić information content (AvgIpc) is 2.41. The van der Waals surface area contributed by atoms with E-state index in [0.717, 1.165) is 0 Å². The summed E-state index contributed by atoms with van der Waals surface area (Å²) in [7, 11) is 0. The molecule has 24 heavy (non-hydrogen) atoms. The van der Waals surface area contributed by atoms with Gasteiger partial charge in [-0.3, -0.25) is 10.0 Å². The van der Waals surface area contributed by atoms with E-state index >= 15 is 0 Å². The van der Waals surface area contributed by atoms with Crippen molar-refractivity contribution in [2.75, 3.05) is 5.06 Å². The monoisotopic (exact) mass is 412 g/mol. The van der Waals surface area contributed by atoms with Gasteiger partial charge in [0.1, 0.15) is 5.60 Å². The zero-order valence-electron chi connectivity index (χ0n) is 13.0. The molecule has 0 aliphatic rings. The lowest BCUT2D eigenvalue weighted by Crippen LogP contribution is -2.56. The molecule has 1 atom stereocenters. The highest BCUT2D eigenvalue weighted by Crippen LogP contribution is 2.21. The van der Waals surface area contributed by atoms with E-state index in [1.54, 1.807) is 0 Å². The smallest absolute Gasteiger partial charge is 0.457 e. The van der Waals surface area contributed by atoms with Crippen LogP contribution in [0.1, 0.15) is 20.8 Å². The number of anilines is 1. The first-order valence-corrected chi connectivity index (χ1v) is 7.45. The van der Waals surface area contributed by atoms with E-state index in [-0.39, 0.29) is 10.8 Å². The number of amides is 1. The minimum absolute atomic E-state index is 0.0171. The molecule has 0 fully saturated rings. The maximum atomic E-state index is 12.5. The lowest BCUT2D eigenvalue weighted by atomic mass is 10.2. The molecule has 0 saturated heterocycles. The second-order valence-electron chi connectivity index (χ2n) is 5.73. The quantitative estimate of drug-likeness (QED) is 0.451. The number of alkyl halides is 3. The van der Waals surface area contributed by atoms with Crippen LogP contribution >= 0.6 is 15.9 Å². The molecule has 0 saturated carbocycles. The normalized spacial score (nSPS) is 13.2. The Morgan fingerprint density at radius 2 is 1.71 bits per heavy atom. The maximum Gasteiger partial charge on any atom is 0.471 e. The number of carbonyl (C=O) groups is 2. The molecule has 0 bridgehead atoms. The summed E-state index contributed by atoms with van der Waals surface area (Å²) in [6.07, 6.45) is -7.29. The number of carbonyl (C=O) groups excluding carboxylic acids is 2. The predicted octanol–water partition coefficient (Wildman–Crippen LogP) is 2.99. The van der Waals surface area contributed by atoms with Crippen molar-refractivity contribution in [1.29, 1.82) is 0 Å². The number of esters is 1. The first-order valence-electron chi connectivity index (χ1n) is 6.65. The van der Waals surface area contributed by atoms with Crippen LogP contribution in [0.15, 0.2) is 28.7 Å². The number of hydroxylamine groups is 1. The maximum absolute atomic E-state index is 12.5. The fourth-order valence-corrected chi connectivity index (χ4v) is 1.79. The molecule has 1 amide bonds. The fraction of sp³-hybridized carbons (Fsp3) is 0.429. The molecule has 2 N–H and O–H groups in total. The van der Waals surface area contributed by atoms with Crippen LogP contribution in [0, 0.1) is 0 Å². The number of hydrogen-bond acceptors (Lipinski definition) is 5. The number of halogens is 4. The first kappa shape index (κ1) is 20.2. The molecule has 6 nitrogen and oxygen atoms in total. The van der Waals surface area contributed by atoms with Gasteiger partial charge in [-0.05, 0) is 45.0 Å². The predicted molar refractivity (Wildman–Crippen MR) is 82.2 cm³/mol. The molecule has 0 radical (unpaired) electrons. The summed E-state index contributed by atoms with van der Waals surface area (Å²) >= 11 is 3.16. The van der Waals surface area contributed by atoms with E-state index in [4.69, 9.17) is 4.74 Å². The molecule has 10 heteroatoms. The SMILES string of the molecule is CC(C)(C)OC(=O)C(NC(=O)C(F)(F)F)N(O)c1ccc(Br)cc1. The highest BCUT2D eigenvalue weighted by molar-refractivity contribution is 9.10. The van der Waals surface area contributed by atoms with Gasteiger partial charge in [0.05, 0.1) is 5.69 Å². The van der Waals surface area contributed by atoms with Gasteiger partial charge in [-0.15, -0.1) is 0 Å². The third-order valence-corrected chi connectivity index (χ3v) is 3.02. The molecule has 1 aromatic rings. The van der Waals surface area contributed by atoms with Crippen molar-refractivity contribution in [3.63, 3.8) is 0 Å². The van der Waals surface area contributed by atoms with Gasteiger partial charge < -0.3 is 10.1 Å². The zero-order chi connectivity index (χ0) is 18.7. The molecule has 0 aromatic heterocycles. The minimum atomic E-state index is -5.22. The van der Waals surface area contributed by atoms with Crippen molar-refractivity contribution in [2.24, 2.45) is 0 Å². The topological polar surface area (TPSA) is 78.9 Å². The molecule has 0 spiro atoms. The van der Waals surface area contributed by atoms with Gasteiger partial charge in [0.15, 0.2) is 0 Å². The Labute approximate surface area is 144 Å². The van der Waals surface area contributed by atoms with E-state index in [2.05, 4.69) is 15.9 Å². The Kier molecular flexibility index (Phi) is 6.23. The van der Waals surface area contributed by atoms with Gasteiger partial charge in [0.25, 0.3) is 0 Å². The highest BCUT2D eigenvalue weighted by atomic mass is 79.9. The third kappa shape index (κ3) is 6.00. The van der Waals surface area contributed by atoms with E-state index in [9.17, 15) is 28.0 Å². The molecule has 1 rings (SSSR count). The number of nitrogens with one attached hydrogen (secondary N) is 1. The van der Waals surface area contributed by atoms with Gasteiger partial charge in [-0.2, -0.15) is 13.2 Å². The number of benzene rings is 1. The molecule has 1 unspecified atom stereocenters. The number of hydrogen-bond donors (Lipinski definition) is 2. The van der Waals surface area contributed by atoms with Crippen LogP contribution in [0.5, 0.6) is 0 Å². The van der Waals surface area contributed by atoms with Crippen LogP contribution in [-0.4, -0.2) is 35.0 Å². The minimum Gasteiger partial charge on any atom is -0.457 e. The first-order chi connectivity index (χ1) is 10.8. The van der Waals surface area contributed by atoms with Gasteiger partial charge in [0.2, 0.25) is 6.17 Å². The van der Waals surface area contributed by atoms with Crippen LogP contribution in [0.25, 0.3) is 0 Å². The molecular formula is C14H16BrF3N2O4. The van der Waals surface area contributed by atoms with Crippen molar-refractivity contribution in [1.82, 2.24) is 5.32 Å². The van der Waals surface area contributed by atoms with E-state index in [0.29, 0.717) is 4.47 Å². The Morgan fingerprint density at radius 3 is 2.12 bits per heavy atom. The highest BCUT2D eigenvalue weighted by Gasteiger charge is 2.43. The Balaban J connectivity index is 3.09. The van der Waals surface area contributed by atoms with Crippen LogP contribution in [0.2, 0.25) is 0 Å². The van der Waals surface area contributed by atoms with Crippen molar-refractivity contribution in [3.05, 3.63) is 28.7 Å². The molecule has 1 aromatic carbocycles. The molecule has 0 aliphatic carbocycles. The van der Waals surface area contributed by atoms with E-state index in [1.807, 2.05) is 0 Å². The summed E-state index contributed by atoms with van der Waals surface area (Å²) in [5.41, 5.74) is -1.05. The summed E-state index contributed by atoms with van der Waals surface area (Å²) < 4.78 is 43.0. The van der Waals surface area contributed by atoms with Crippen LogP contribution in [0.4, 0.5) is 18.9 Å². The summed E-state index contributed by atoms with van der Waals surface area (Å²) in [6, 6.07) is 5.66. The molecule has 134 valence electrons. The van der Waals surface area contributed by atoms with Crippen LogP contribution in [-0.2, 0) is 14.3 Å². The molecule has 0 heterocycles. The fourth-order valence-electron chi connectivity index (χ4n) is 1.53. The average molecular weight is 413 g/mol. The number of nitrogens with zero attached hydrogens (tertiary/aromatic N) is 1. The van der Waals surface area contributed by atoms with Crippen molar-refractivity contribution in [3.8, 4) is 0 Å². The molecule has 0 aliphatic heterocycles. The van der Waals surface area contributed by atoms with Crippen LogP contribution in [0.3, 0.4) is 0 Å². The second kappa shape index (κ2) is 7.39. The largest absolute Gasteiger partial charge is 0.471 e. The van der Waals surface area contributed by atoms with E-state index in [1.165, 1.54) is 50.4 Å². The Hall–Kier alpha value is -1.81. The van der Waals surface area contributed by atoms with Crippen LogP contribution < -0.4 is 10.4 Å². The van der Waals surface area contributed by atoms with Crippen molar-refractivity contribution in [2.45, 2.75) is 38.7 Å². The van der Waals surface area contributed by atoms with Gasteiger partial charge >= 0.3 is 18.1 Å². The number of ether oxygens (including phenoxy) is 1. The summed E-state index contributed by atoms with van der Waals surface area (Å²) in [5.74, 6) is -3.62. The second-order valence-corrected chi connectivity index (χ2v) is 6.64. The standard InChI is InChI=1S/C14H16BrF3N2O4/c1-13(2,3)24-11(21)10(19-12(22)14(16,17)18)20(23)9-6-4-8(15)5-7-9/h4-7,10,23H,1-3H3,(H,19,22). The zero-order valence-corrected chi connectivity index (χ0v) is 14.6. The summed E-state index contributed by atoms with van der Waals surface area (Å²) in [6.45, 7) is 4.48. The van der Waals surface area contributed by atoms with Gasteiger partial charge in [0, 0.05) is 4.47 Å². The summed E-state index contributed by atoms with van der Waals surface area (Å²) in [5, 5.41) is 11.7. The van der Waals surface area contributed by atoms with Crippen molar-refractivity contribution >= 4 is 33.5 Å². The lowest BCUT2D eigenvalue weighted by molar-refractivity contribution is -0.178. The van der Waals surface area contributed by atoms with E-state index < -0.39 is 29.8 Å². The summed E-state index contributed by atoms with van der Waals surface area (Å²) in [4.78, 5) is 23.2. The molecular weight excluding hydrogens is 397 g/mol. The van der Waals surface area contributed by atoms with Gasteiger partial charge in [-0.1, -0.05) is 15.9 Å². The number of rotatable bonds is 4. The Bertz CT molecular complexity index is 600. The third-order valence-electron chi connectivity index (χ3n) is 2.49.